The fourth-order valence-electron chi connectivity index (χ4n) is 3.30. The molecule has 0 bridgehead atoms. The van der Waals surface area contributed by atoms with Crippen molar-refractivity contribution in [2.75, 3.05) is 5.43 Å². The second-order valence-electron chi connectivity index (χ2n) is 7.84. The average Bonchev–Trinajstić information content (AvgIpc) is 3.23. The van der Waals surface area contributed by atoms with Gasteiger partial charge in [-0.05, 0) is 30.3 Å². The van der Waals surface area contributed by atoms with E-state index in [0.717, 1.165) is 6.07 Å². The van der Waals surface area contributed by atoms with Crippen molar-refractivity contribution in [1.29, 1.82) is 0 Å². The van der Waals surface area contributed by atoms with Crippen LogP contribution in [0.25, 0.3) is 0 Å². The van der Waals surface area contributed by atoms with Gasteiger partial charge in [0.15, 0.2) is 0 Å². The molecule has 0 spiro atoms. The number of nitrogens with zero attached hydrogens (tertiary/aromatic N) is 1. The molecule has 0 unspecified atom stereocenters. The lowest BCUT2D eigenvalue weighted by Crippen LogP contribution is -2.43. The third kappa shape index (κ3) is 6.72. The summed E-state index contributed by atoms with van der Waals surface area (Å²) in [6.07, 6.45) is -18.1. The van der Waals surface area contributed by atoms with Crippen LogP contribution in [0.5, 0.6) is 0 Å². The molecule has 2 aromatic carbocycles. The second kappa shape index (κ2) is 10.1. The van der Waals surface area contributed by atoms with E-state index in [-0.39, 0.29) is 28.1 Å². The van der Waals surface area contributed by atoms with E-state index in [0.29, 0.717) is 12.1 Å². The molecular formula is C21H14Cl2F9N3O2. The van der Waals surface area contributed by atoms with E-state index in [1.54, 1.807) is 0 Å². The maximum Gasteiger partial charge on any atom is 0.435 e. The van der Waals surface area contributed by atoms with Crippen LogP contribution in [0.4, 0.5) is 45.2 Å². The first-order valence-corrected chi connectivity index (χ1v) is 10.8. The lowest BCUT2D eigenvalue weighted by Gasteiger charge is -2.30. The molecule has 202 valence electrons. The number of anilines is 1. The van der Waals surface area contributed by atoms with Gasteiger partial charge in [-0.15, -0.1) is 0 Å². The van der Waals surface area contributed by atoms with Crippen LogP contribution < -0.4 is 10.9 Å². The topological polar surface area (TPSA) is 62.7 Å². The summed E-state index contributed by atoms with van der Waals surface area (Å²) in [6, 6.07) is 4.97. The molecule has 1 aliphatic rings. The molecule has 37 heavy (non-hydrogen) atoms. The zero-order valence-electron chi connectivity index (χ0n) is 18.0. The van der Waals surface area contributed by atoms with Crippen LogP contribution in [0.2, 0.25) is 10.0 Å². The summed E-state index contributed by atoms with van der Waals surface area (Å²) >= 11 is 11.6. The van der Waals surface area contributed by atoms with E-state index < -0.39 is 65.4 Å². The molecule has 0 aliphatic carbocycles. The van der Waals surface area contributed by atoms with Crippen LogP contribution in [0.15, 0.2) is 41.6 Å². The van der Waals surface area contributed by atoms with Crippen LogP contribution in [-0.4, -0.2) is 24.0 Å². The fourth-order valence-corrected chi connectivity index (χ4v) is 3.70. The Hall–Kier alpha value is -2.87. The minimum atomic E-state index is -5.23. The van der Waals surface area contributed by atoms with E-state index in [9.17, 15) is 44.3 Å². The molecule has 0 fully saturated rings. The molecule has 0 saturated heterocycles. The summed E-state index contributed by atoms with van der Waals surface area (Å²) in [5.74, 6) is -1.04. The van der Waals surface area contributed by atoms with Gasteiger partial charge in [0.2, 0.25) is 5.91 Å². The number of halogens is 11. The van der Waals surface area contributed by atoms with Crippen molar-refractivity contribution in [2.24, 2.45) is 5.16 Å². The molecular weight excluding hydrogens is 568 g/mol. The molecule has 1 heterocycles. The van der Waals surface area contributed by atoms with Crippen molar-refractivity contribution in [3.05, 3.63) is 63.1 Å². The van der Waals surface area contributed by atoms with E-state index >= 15 is 0 Å². The third-order valence-electron chi connectivity index (χ3n) is 5.15. The number of oxime groups is 1. The standard InChI is InChI=1S/C21H14Cl2F9N3O2/c22-13-7-11(6-12(8-13)20(27,28)29)18(21(30,31)32)9-16(35-37-18)10-1-2-14(23)15(5-10)33-34-17(36)3-4-19(24,25)26/h1-2,5-8,33H,3-4,9H2,(H,34,36)/t18-/m0/s1. The van der Waals surface area contributed by atoms with Crippen LogP contribution >= 0.6 is 23.2 Å². The number of hydrogen-bond donors (Lipinski definition) is 2. The number of carbonyl (C=O) groups excluding carboxylic acids is 1. The molecule has 1 amide bonds. The van der Waals surface area contributed by atoms with Gasteiger partial charge in [0.05, 0.1) is 28.4 Å². The Morgan fingerprint density at radius 2 is 1.68 bits per heavy atom. The lowest BCUT2D eigenvalue weighted by atomic mass is 9.85. The lowest BCUT2D eigenvalue weighted by molar-refractivity contribution is -0.276. The first kappa shape index (κ1) is 28.7. The number of nitrogens with one attached hydrogen (secondary N) is 2. The number of hydrogen-bond acceptors (Lipinski definition) is 4. The van der Waals surface area contributed by atoms with Gasteiger partial charge in [0.25, 0.3) is 5.60 Å². The molecule has 0 aromatic heterocycles. The Morgan fingerprint density at radius 3 is 2.27 bits per heavy atom. The zero-order chi connectivity index (χ0) is 27.8. The summed E-state index contributed by atoms with van der Waals surface area (Å²) in [4.78, 5) is 16.3. The molecule has 5 nitrogen and oxygen atoms in total. The Labute approximate surface area is 212 Å². The molecule has 0 saturated carbocycles. The molecule has 1 aliphatic heterocycles. The highest BCUT2D eigenvalue weighted by Crippen LogP contribution is 2.50. The molecule has 0 radical (unpaired) electrons. The predicted octanol–water partition coefficient (Wildman–Crippen LogP) is 7.38. The highest BCUT2D eigenvalue weighted by atomic mass is 35.5. The Balaban J connectivity index is 1.87. The molecule has 3 rings (SSSR count). The maximum atomic E-state index is 14.2. The number of alkyl halides is 9. The van der Waals surface area contributed by atoms with Gasteiger partial charge >= 0.3 is 18.5 Å². The average molecular weight is 582 g/mol. The van der Waals surface area contributed by atoms with E-state index in [2.05, 4.69) is 10.6 Å². The Bertz CT molecular complexity index is 1210. The number of amides is 1. The van der Waals surface area contributed by atoms with Crippen molar-refractivity contribution in [3.63, 3.8) is 0 Å². The van der Waals surface area contributed by atoms with Crippen LogP contribution in [0, 0.1) is 0 Å². The smallest absolute Gasteiger partial charge is 0.374 e. The largest absolute Gasteiger partial charge is 0.435 e. The summed E-state index contributed by atoms with van der Waals surface area (Å²) in [5, 5.41) is 2.77. The molecule has 1 atom stereocenters. The molecule has 16 heteroatoms. The summed E-state index contributed by atoms with van der Waals surface area (Å²) in [7, 11) is 0. The first-order chi connectivity index (χ1) is 16.9. The predicted molar refractivity (Wildman–Crippen MR) is 115 cm³/mol. The SMILES string of the molecule is O=C(CCC(F)(F)F)NNc1cc(C2=NO[C@@](c3cc(Cl)cc(C(F)(F)F)c3)(C(F)(F)F)C2)ccc1Cl. The van der Waals surface area contributed by atoms with Crippen molar-refractivity contribution in [2.45, 2.75) is 43.4 Å². The molecule has 2 aromatic rings. The maximum absolute atomic E-state index is 14.2. The van der Waals surface area contributed by atoms with Crippen molar-refractivity contribution in [3.8, 4) is 0 Å². The minimum absolute atomic E-state index is 0.0272. The van der Waals surface area contributed by atoms with Crippen molar-refractivity contribution >= 4 is 40.5 Å². The third-order valence-corrected chi connectivity index (χ3v) is 5.70. The summed E-state index contributed by atoms with van der Waals surface area (Å²) in [5.41, 5.74) is -1.87. The normalized spacial score (nSPS) is 18.3. The van der Waals surface area contributed by atoms with Crippen LogP contribution in [-0.2, 0) is 21.4 Å². The van der Waals surface area contributed by atoms with Gasteiger partial charge in [-0.2, -0.15) is 39.5 Å². The van der Waals surface area contributed by atoms with Gasteiger partial charge in [0.1, 0.15) is 0 Å². The number of rotatable bonds is 6. The zero-order valence-corrected chi connectivity index (χ0v) is 19.5. The van der Waals surface area contributed by atoms with Gasteiger partial charge in [-0.1, -0.05) is 34.4 Å². The summed E-state index contributed by atoms with van der Waals surface area (Å²) in [6.45, 7) is 0. The van der Waals surface area contributed by atoms with Gasteiger partial charge < -0.3 is 4.84 Å². The first-order valence-electron chi connectivity index (χ1n) is 10.0. The quantitative estimate of drug-likeness (QED) is 0.276. The van der Waals surface area contributed by atoms with Crippen molar-refractivity contribution < 1.29 is 49.1 Å². The number of benzene rings is 2. The number of carbonyl (C=O) groups is 1. The van der Waals surface area contributed by atoms with Crippen LogP contribution in [0.3, 0.4) is 0 Å². The highest BCUT2D eigenvalue weighted by Gasteiger charge is 2.62. The van der Waals surface area contributed by atoms with Gasteiger partial charge in [0, 0.05) is 29.0 Å². The Morgan fingerprint density at radius 1 is 1.00 bits per heavy atom. The van der Waals surface area contributed by atoms with E-state index in [4.69, 9.17) is 28.0 Å². The van der Waals surface area contributed by atoms with Crippen molar-refractivity contribution in [1.82, 2.24) is 5.43 Å². The number of hydrazine groups is 1. The monoisotopic (exact) mass is 581 g/mol. The van der Waals surface area contributed by atoms with Gasteiger partial charge in [-0.3, -0.25) is 15.6 Å². The molecule has 2 N–H and O–H groups in total. The van der Waals surface area contributed by atoms with E-state index in [1.165, 1.54) is 12.1 Å². The fraction of sp³-hybridized carbons (Fsp3) is 0.333. The van der Waals surface area contributed by atoms with Gasteiger partial charge in [-0.25, -0.2) is 0 Å². The van der Waals surface area contributed by atoms with Crippen LogP contribution in [0.1, 0.15) is 36.0 Å². The minimum Gasteiger partial charge on any atom is -0.374 e. The van der Waals surface area contributed by atoms with E-state index in [1.807, 2.05) is 5.43 Å². The Kier molecular flexibility index (Phi) is 7.85. The highest BCUT2D eigenvalue weighted by molar-refractivity contribution is 6.33. The summed E-state index contributed by atoms with van der Waals surface area (Å²) < 4.78 is 119. The second-order valence-corrected chi connectivity index (χ2v) is 8.68.